The van der Waals surface area contributed by atoms with E-state index in [1.807, 2.05) is 25.1 Å². The molecule has 2 amide bonds. The third-order valence-corrected chi connectivity index (χ3v) is 6.47. The summed E-state index contributed by atoms with van der Waals surface area (Å²) < 4.78 is 6.84. The SMILES string of the molecule is CCC(C)Oc1ccc(C=NN2C(=O)C3C4C=CC(C4)C3C2=O)cc1I. The van der Waals surface area contributed by atoms with Gasteiger partial charge in [0.05, 0.1) is 27.7 Å². The number of rotatable bonds is 5. The average molecular weight is 464 g/mol. The van der Waals surface area contributed by atoms with Gasteiger partial charge >= 0.3 is 0 Å². The molecule has 136 valence electrons. The van der Waals surface area contributed by atoms with Gasteiger partial charge in [-0.05, 0) is 78.0 Å². The van der Waals surface area contributed by atoms with Crippen LogP contribution in [0.4, 0.5) is 0 Å². The first-order chi connectivity index (χ1) is 12.5. The lowest BCUT2D eigenvalue weighted by Gasteiger charge is -2.14. The summed E-state index contributed by atoms with van der Waals surface area (Å²) in [6.45, 7) is 4.12. The number of carbonyl (C=O) groups is 2. The summed E-state index contributed by atoms with van der Waals surface area (Å²) in [5.74, 6) is 0.531. The Bertz CT molecular complexity index is 789. The van der Waals surface area contributed by atoms with Crippen LogP contribution in [0, 0.1) is 27.2 Å². The number of benzene rings is 1. The topological polar surface area (TPSA) is 59.0 Å². The molecule has 1 aromatic rings. The Hall–Kier alpha value is -1.70. The zero-order valence-corrected chi connectivity index (χ0v) is 16.9. The molecule has 1 saturated carbocycles. The lowest BCUT2D eigenvalue weighted by molar-refractivity contribution is -0.140. The number of fused-ring (bicyclic) bond motifs is 5. The normalized spacial score (nSPS) is 30.5. The quantitative estimate of drug-likeness (QED) is 0.290. The zero-order chi connectivity index (χ0) is 18.4. The molecule has 1 aliphatic heterocycles. The van der Waals surface area contributed by atoms with Gasteiger partial charge in [-0.1, -0.05) is 19.1 Å². The third-order valence-electron chi connectivity index (χ3n) is 5.63. The molecule has 2 bridgehead atoms. The van der Waals surface area contributed by atoms with Crippen LogP contribution in [0.2, 0.25) is 0 Å². The summed E-state index contributed by atoms with van der Waals surface area (Å²) >= 11 is 2.22. The van der Waals surface area contributed by atoms with Crippen LogP contribution in [0.3, 0.4) is 0 Å². The Morgan fingerprint density at radius 1 is 1.27 bits per heavy atom. The smallest absolute Gasteiger partial charge is 0.254 e. The lowest BCUT2D eigenvalue weighted by Crippen LogP contribution is -2.28. The molecule has 5 atom stereocenters. The molecule has 2 aliphatic carbocycles. The molecular formula is C20H21IN2O3. The molecule has 1 aromatic carbocycles. The number of hydrogen-bond donors (Lipinski definition) is 0. The van der Waals surface area contributed by atoms with E-state index in [-0.39, 0.29) is 41.6 Å². The first-order valence-corrected chi connectivity index (χ1v) is 10.1. The predicted octanol–water partition coefficient (Wildman–Crippen LogP) is 3.61. The summed E-state index contributed by atoms with van der Waals surface area (Å²) in [7, 11) is 0. The van der Waals surface area contributed by atoms with Gasteiger partial charge in [-0.3, -0.25) is 9.59 Å². The fourth-order valence-electron chi connectivity index (χ4n) is 4.12. The van der Waals surface area contributed by atoms with Crippen LogP contribution in [0.5, 0.6) is 5.75 Å². The highest BCUT2D eigenvalue weighted by Gasteiger charge is 2.59. The summed E-state index contributed by atoms with van der Waals surface area (Å²) in [5, 5.41) is 5.30. The van der Waals surface area contributed by atoms with Gasteiger partial charge in [0, 0.05) is 0 Å². The third kappa shape index (κ3) is 2.88. The van der Waals surface area contributed by atoms with Gasteiger partial charge in [-0.15, -0.1) is 0 Å². The van der Waals surface area contributed by atoms with Gasteiger partial charge < -0.3 is 4.74 Å². The molecule has 4 rings (SSSR count). The minimum atomic E-state index is -0.207. The summed E-state index contributed by atoms with van der Waals surface area (Å²) in [4.78, 5) is 25.2. The van der Waals surface area contributed by atoms with Crippen LogP contribution in [0.25, 0.3) is 0 Å². The van der Waals surface area contributed by atoms with Crippen LogP contribution in [0.1, 0.15) is 32.3 Å². The number of hydrazone groups is 1. The number of halogens is 1. The van der Waals surface area contributed by atoms with Crippen LogP contribution < -0.4 is 4.74 Å². The first-order valence-electron chi connectivity index (χ1n) is 9.06. The molecule has 5 nitrogen and oxygen atoms in total. The largest absolute Gasteiger partial charge is 0.490 e. The van der Waals surface area contributed by atoms with Crippen LogP contribution >= 0.6 is 22.6 Å². The molecule has 0 radical (unpaired) electrons. The van der Waals surface area contributed by atoms with E-state index in [1.165, 1.54) is 0 Å². The Balaban J connectivity index is 1.49. The summed E-state index contributed by atoms with van der Waals surface area (Å²) in [6, 6.07) is 5.74. The number of amides is 2. The second-order valence-electron chi connectivity index (χ2n) is 7.26. The lowest BCUT2D eigenvalue weighted by atomic mass is 9.85. The molecule has 1 saturated heterocycles. The number of ether oxygens (including phenoxy) is 1. The monoisotopic (exact) mass is 464 g/mol. The highest BCUT2D eigenvalue weighted by Crippen LogP contribution is 2.52. The maximum Gasteiger partial charge on any atom is 0.254 e. The summed E-state index contributed by atoms with van der Waals surface area (Å²) in [6.07, 6.45) is 7.79. The maximum absolute atomic E-state index is 12.6. The van der Waals surface area contributed by atoms with Gasteiger partial charge in [0.1, 0.15) is 5.75 Å². The van der Waals surface area contributed by atoms with Crippen LogP contribution in [-0.4, -0.2) is 29.1 Å². The van der Waals surface area contributed by atoms with E-state index in [1.54, 1.807) is 6.21 Å². The van der Waals surface area contributed by atoms with Crippen molar-refractivity contribution in [1.82, 2.24) is 5.01 Å². The minimum absolute atomic E-state index is 0.153. The molecule has 0 spiro atoms. The zero-order valence-electron chi connectivity index (χ0n) is 14.8. The number of carbonyl (C=O) groups excluding carboxylic acids is 2. The van der Waals surface area contributed by atoms with Crippen molar-refractivity contribution in [3.8, 4) is 5.75 Å². The van der Waals surface area contributed by atoms with Crippen molar-refractivity contribution < 1.29 is 14.3 Å². The van der Waals surface area contributed by atoms with Gasteiger partial charge in [0.25, 0.3) is 11.8 Å². The van der Waals surface area contributed by atoms with Gasteiger partial charge in [0.15, 0.2) is 0 Å². The van der Waals surface area contributed by atoms with Crippen molar-refractivity contribution in [3.63, 3.8) is 0 Å². The average Bonchev–Trinajstić information content (AvgIpc) is 3.30. The second kappa shape index (κ2) is 6.79. The number of imide groups is 1. The van der Waals surface area contributed by atoms with E-state index in [0.29, 0.717) is 0 Å². The van der Waals surface area contributed by atoms with Crippen molar-refractivity contribution >= 4 is 40.6 Å². The molecular weight excluding hydrogens is 443 g/mol. The Morgan fingerprint density at radius 2 is 1.92 bits per heavy atom. The molecule has 0 aromatic heterocycles. The van der Waals surface area contributed by atoms with Crippen molar-refractivity contribution in [2.24, 2.45) is 28.8 Å². The highest BCUT2D eigenvalue weighted by molar-refractivity contribution is 14.1. The summed E-state index contributed by atoms with van der Waals surface area (Å²) in [5.41, 5.74) is 0.838. The Morgan fingerprint density at radius 3 is 2.50 bits per heavy atom. The van der Waals surface area contributed by atoms with Crippen molar-refractivity contribution in [3.05, 3.63) is 39.5 Å². The fourth-order valence-corrected chi connectivity index (χ4v) is 4.78. The number of allylic oxidation sites excluding steroid dienone is 2. The molecule has 2 fully saturated rings. The predicted molar refractivity (Wildman–Crippen MR) is 107 cm³/mol. The van der Waals surface area contributed by atoms with Crippen molar-refractivity contribution in [1.29, 1.82) is 0 Å². The van der Waals surface area contributed by atoms with E-state index in [4.69, 9.17) is 4.74 Å². The van der Waals surface area contributed by atoms with Gasteiger partial charge in [-0.2, -0.15) is 10.1 Å². The molecule has 0 N–H and O–H groups in total. The fraction of sp³-hybridized carbons (Fsp3) is 0.450. The number of nitrogens with zero attached hydrogens (tertiary/aromatic N) is 2. The van der Waals surface area contributed by atoms with Crippen molar-refractivity contribution in [2.45, 2.75) is 32.8 Å². The second-order valence-corrected chi connectivity index (χ2v) is 8.42. The molecule has 3 aliphatic rings. The standard InChI is InChI=1S/C20H21IN2O3/c1-3-11(2)26-16-7-4-12(8-15(16)21)10-22-23-19(24)17-13-5-6-14(9-13)18(17)20(23)25/h4-8,10-11,13-14,17-18H,3,9H2,1-2H3. The Kier molecular flexibility index (Phi) is 4.62. The van der Waals surface area contributed by atoms with E-state index in [2.05, 4.69) is 46.8 Å². The highest BCUT2D eigenvalue weighted by atomic mass is 127. The molecule has 1 heterocycles. The molecule has 26 heavy (non-hydrogen) atoms. The van der Waals surface area contributed by atoms with E-state index < -0.39 is 0 Å². The first kappa shape index (κ1) is 17.7. The molecule has 5 unspecified atom stereocenters. The minimum Gasteiger partial charge on any atom is -0.490 e. The van der Waals surface area contributed by atoms with Gasteiger partial charge in [0.2, 0.25) is 0 Å². The van der Waals surface area contributed by atoms with Crippen molar-refractivity contribution in [2.75, 3.05) is 0 Å². The maximum atomic E-state index is 12.6. The van der Waals surface area contributed by atoms with Gasteiger partial charge in [-0.25, -0.2) is 0 Å². The van der Waals surface area contributed by atoms with E-state index in [0.717, 1.165) is 32.7 Å². The Labute approximate surface area is 166 Å². The molecule has 6 heteroatoms. The number of hydrogen-bond acceptors (Lipinski definition) is 4. The van der Waals surface area contributed by atoms with Crippen LogP contribution in [-0.2, 0) is 9.59 Å². The van der Waals surface area contributed by atoms with E-state index >= 15 is 0 Å². The van der Waals surface area contributed by atoms with Crippen LogP contribution in [0.15, 0.2) is 35.5 Å². The van der Waals surface area contributed by atoms with E-state index in [9.17, 15) is 9.59 Å².